The molecule has 9 heavy (non-hydrogen) atoms. The van der Waals surface area contributed by atoms with Crippen LogP contribution in [0.5, 0.6) is 0 Å². The summed E-state index contributed by atoms with van der Waals surface area (Å²) in [5.74, 6) is -1.25. The minimum atomic E-state index is -1.11. The van der Waals surface area contributed by atoms with Crippen molar-refractivity contribution in [2.24, 2.45) is 0 Å². The fourth-order valence-electron chi connectivity index (χ4n) is 0.408. The first-order chi connectivity index (χ1) is 4.20. The van der Waals surface area contributed by atoms with Gasteiger partial charge in [0.25, 0.3) is 0 Å². The number of imidazole rings is 1. The third-order valence-corrected chi connectivity index (χ3v) is 0.939. The van der Waals surface area contributed by atoms with Crippen molar-refractivity contribution in [1.29, 1.82) is 0 Å². The molecule has 0 unspecified atom stereocenters. The summed E-state index contributed by atoms with van der Waals surface area (Å²) < 4.78 is 0. The number of H-pyrrole nitrogens is 1. The van der Waals surface area contributed by atoms with Gasteiger partial charge in [0.15, 0.2) is 0 Å². The van der Waals surface area contributed by atoms with E-state index >= 15 is 0 Å². The van der Waals surface area contributed by atoms with Gasteiger partial charge < -0.3 is 10.1 Å². The summed E-state index contributed by atoms with van der Waals surface area (Å²) in [6.07, 6.45) is 1.24. The Hall–Kier alpha value is -1.03. The van der Waals surface area contributed by atoms with E-state index in [9.17, 15) is 4.79 Å². The molecule has 5 heteroatoms. The van der Waals surface area contributed by atoms with Gasteiger partial charge in [0.05, 0.1) is 6.20 Å². The minimum absolute atomic E-state index is 0.139. The number of aromatic nitrogens is 2. The SMILES string of the molecule is O=C(O)c1ncc(Cl)[nH]1. The van der Waals surface area contributed by atoms with Crippen LogP contribution in [0.3, 0.4) is 0 Å². The van der Waals surface area contributed by atoms with E-state index in [0.717, 1.165) is 0 Å². The van der Waals surface area contributed by atoms with E-state index in [-0.39, 0.29) is 11.0 Å². The molecule has 0 aliphatic heterocycles. The molecule has 0 aromatic carbocycles. The van der Waals surface area contributed by atoms with Crippen molar-refractivity contribution in [2.45, 2.75) is 0 Å². The number of nitrogens with zero attached hydrogens (tertiary/aromatic N) is 1. The largest absolute Gasteiger partial charge is 0.475 e. The van der Waals surface area contributed by atoms with Crippen molar-refractivity contribution in [3.05, 3.63) is 17.2 Å². The molecule has 1 aromatic rings. The van der Waals surface area contributed by atoms with Crippen LogP contribution < -0.4 is 0 Å². The van der Waals surface area contributed by atoms with Crippen LogP contribution in [0.4, 0.5) is 0 Å². The lowest BCUT2D eigenvalue weighted by atomic mass is 10.6. The summed E-state index contributed by atoms with van der Waals surface area (Å²) >= 11 is 5.32. The number of hydrogen-bond acceptors (Lipinski definition) is 2. The standard InChI is InChI=1S/C4H3ClN2O2/c5-2-1-6-3(7-2)4(8)9/h1H,(H,6,7)(H,8,9). The van der Waals surface area contributed by atoms with Crippen molar-refractivity contribution >= 4 is 17.6 Å². The van der Waals surface area contributed by atoms with Crippen molar-refractivity contribution < 1.29 is 9.90 Å². The van der Waals surface area contributed by atoms with Gasteiger partial charge in [-0.2, -0.15) is 0 Å². The molecule has 2 N–H and O–H groups in total. The maximum absolute atomic E-state index is 10.1. The molecule has 1 heterocycles. The molecular weight excluding hydrogens is 144 g/mol. The number of nitrogens with one attached hydrogen (secondary N) is 1. The highest BCUT2D eigenvalue weighted by Gasteiger charge is 2.04. The minimum Gasteiger partial charge on any atom is -0.475 e. The van der Waals surface area contributed by atoms with Crippen LogP contribution >= 0.6 is 11.6 Å². The van der Waals surface area contributed by atoms with E-state index < -0.39 is 5.97 Å². The number of carboxylic acid groups (broad SMARTS) is 1. The molecule has 0 fully saturated rings. The monoisotopic (exact) mass is 146 g/mol. The zero-order chi connectivity index (χ0) is 6.85. The van der Waals surface area contributed by atoms with Gasteiger partial charge in [0.2, 0.25) is 5.82 Å². The first kappa shape index (κ1) is 6.10. The van der Waals surface area contributed by atoms with Crippen LogP contribution in [0.2, 0.25) is 5.15 Å². The van der Waals surface area contributed by atoms with Gasteiger partial charge in [-0.1, -0.05) is 11.6 Å². The highest BCUT2D eigenvalue weighted by atomic mass is 35.5. The van der Waals surface area contributed by atoms with E-state index in [4.69, 9.17) is 16.7 Å². The van der Waals surface area contributed by atoms with Crippen LogP contribution in [0.15, 0.2) is 6.20 Å². The summed E-state index contributed by atoms with van der Waals surface area (Å²) in [5, 5.41) is 8.47. The number of hydrogen-bond donors (Lipinski definition) is 2. The van der Waals surface area contributed by atoms with Gasteiger partial charge in [-0.15, -0.1) is 0 Å². The molecule has 4 nitrogen and oxygen atoms in total. The predicted molar refractivity (Wildman–Crippen MR) is 30.6 cm³/mol. The number of carboxylic acids is 1. The summed E-state index contributed by atoms with van der Waals surface area (Å²) in [4.78, 5) is 15.8. The van der Waals surface area contributed by atoms with Gasteiger partial charge >= 0.3 is 5.97 Å². The van der Waals surface area contributed by atoms with Gasteiger partial charge in [0, 0.05) is 0 Å². The van der Waals surface area contributed by atoms with Crippen LogP contribution in [0.1, 0.15) is 10.6 Å². The topological polar surface area (TPSA) is 66.0 Å². The van der Waals surface area contributed by atoms with E-state index in [0.29, 0.717) is 0 Å². The summed E-state index contributed by atoms with van der Waals surface area (Å²) in [5.41, 5.74) is 0. The average molecular weight is 147 g/mol. The van der Waals surface area contributed by atoms with Gasteiger partial charge in [-0.25, -0.2) is 9.78 Å². The Balaban J connectivity index is 2.98. The Labute approximate surface area is 55.5 Å². The highest BCUT2D eigenvalue weighted by molar-refractivity contribution is 6.29. The summed E-state index contributed by atoms with van der Waals surface area (Å²) in [7, 11) is 0. The van der Waals surface area contributed by atoms with Gasteiger partial charge in [-0.05, 0) is 0 Å². The summed E-state index contributed by atoms with van der Waals surface area (Å²) in [6, 6.07) is 0. The second kappa shape index (κ2) is 2.06. The zero-order valence-corrected chi connectivity index (χ0v) is 5.01. The van der Waals surface area contributed by atoms with Gasteiger partial charge in [0.1, 0.15) is 5.15 Å². The lowest BCUT2D eigenvalue weighted by Crippen LogP contribution is -1.97. The quantitative estimate of drug-likeness (QED) is 0.615. The highest BCUT2D eigenvalue weighted by Crippen LogP contribution is 2.02. The zero-order valence-electron chi connectivity index (χ0n) is 4.26. The fourth-order valence-corrected chi connectivity index (χ4v) is 0.546. The molecule has 1 aromatic heterocycles. The first-order valence-electron chi connectivity index (χ1n) is 2.14. The molecule has 0 aliphatic rings. The smallest absolute Gasteiger partial charge is 0.371 e. The van der Waals surface area contributed by atoms with Crippen molar-refractivity contribution in [1.82, 2.24) is 9.97 Å². The van der Waals surface area contributed by atoms with E-state index in [1.807, 2.05) is 0 Å². The molecule has 0 aliphatic carbocycles. The third-order valence-electron chi connectivity index (χ3n) is 0.747. The predicted octanol–water partition coefficient (Wildman–Crippen LogP) is 0.761. The summed E-state index contributed by atoms with van der Waals surface area (Å²) in [6.45, 7) is 0. The Bertz CT molecular complexity index is 232. The lowest BCUT2D eigenvalue weighted by molar-refractivity contribution is 0.0685. The molecular formula is C4H3ClN2O2. The second-order valence-electron chi connectivity index (χ2n) is 1.38. The van der Waals surface area contributed by atoms with Crippen molar-refractivity contribution in [3.8, 4) is 0 Å². The number of rotatable bonds is 1. The number of halogens is 1. The average Bonchev–Trinajstić information content (AvgIpc) is 2.14. The molecule has 0 amide bonds. The Morgan fingerprint density at radius 1 is 1.89 bits per heavy atom. The van der Waals surface area contributed by atoms with Crippen molar-refractivity contribution in [2.75, 3.05) is 0 Å². The lowest BCUT2D eigenvalue weighted by Gasteiger charge is -1.80. The molecule has 0 saturated heterocycles. The molecule has 1 rings (SSSR count). The van der Waals surface area contributed by atoms with Crippen LogP contribution in [-0.2, 0) is 0 Å². The van der Waals surface area contributed by atoms with Crippen molar-refractivity contribution in [3.63, 3.8) is 0 Å². The van der Waals surface area contributed by atoms with Crippen LogP contribution in [0.25, 0.3) is 0 Å². The molecule has 0 bridgehead atoms. The van der Waals surface area contributed by atoms with Gasteiger partial charge in [-0.3, -0.25) is 0 Å². The van der Waals surface area contributed by atoms with E-state index in [1.54, 1.807) is 0 Å². The Morgan fingerprint density at radius 2 is 2.56 bits per heavy atom. The molecule has 0 atom stereocenters. The fraction of sp³-hybridized carbons (Fsp3) is 0. The molecule has 0 radical (unpaired) electrons. The number of carbonyl (C=O) groups is 1. The van der Waals surface area contributed by atoms with E-state index in [1.165, 1.54) is 6.20 Å². The number of aromatic carboxylic acids is 1. The number of aromatic amines is 1. The molecule has 0 spiro atoms. The molecule has 48 valence electrons. The third kappa shape index (κ3) is 1.20. The Morgan fingerprint density at radius 3 is 2.78 bits per heavy atom. The maximum Gasteiger partial charge on any atom is 0.371 e. The van der Waals surface area contributed by atoms with E-state index in [2.05, 4.69) is 9.97 Å². The normalized spacial score (nSPS) is 9.44. The van der Waals surface area contributed by atoms with Crippen LogP contribution in [-0.4, -0.2) is 21.0 Å². The van der Waals surface area contributed by atoms with Crippen LogP contribution in [0, 0.1) is 0 Å². The molecule has 0 saturated carbocycles. The Kier molecular flexibility index (Phi) is 1.40. The first-order valence-corrected chi connectivity index (χ1v) is 2.52. The maximum atomic E-state index is 10.1. The second-order valence-corrected chi connectivity index (χ2v) is 1.79.